The molecule has 0 radical (unpaired) electrons. The van der Waals surface area contributed by atoms with Gasteiger partial charge in [0, 0.05) is 5.75 Å². The number of aliphatic carboxylic acids is 1. The van der Waals surface area contributed by atoms with Gasteiger partial charge >= 0.3 is 5.97 Å². The topological polar surface area (TPSA) is 46.5 Å². The Morgan fingerprint density at radius 2 is 1.93 bits per heavy atom. The fourth-order valence-corrected chi connectivity index (χ4v) is 3.38. The second-order valence-electron chi connectivity index (χ2n) is 6.45. The van der Waals surface area contributed by atoms with Crippen molar-refractivity contribution in [2.45, 2.75) is 38.4 Å². The van der Waals surface area contributed by atoms with E-state index < -0.39 is 5.97 Å². The first-order valence-corrected chi connectivity index (χ1v) is 10.6. The number of hydrogen-bond donors (Lipinski definition) is 1. The van der Waals surface area contributed by atoms with Crippen LogP contribution in [0.4, 0.5) is 0 Å². The lowest BCUT2D eigenvalue weighted by Gasteiger charge is -2.06. The lowest BCUT2D eigenvalue weighted by Crippen LogP contribution is -1.98. The Labute approximate surface area is 166 Å². The number of carboxylic acid groups (broad SMARTS) is 1. The third kappa shape index (κ3) is 8.83. The summed E-state index contributed by atoms with van der Waals surface area (Å²) >= 11 is 1.39. The molecule has 0 spiro atoms. The SMILES string of the molecule is CCCCCc1ccc(/C=C/COc2cccc(CSCC(=O)O)c2)cc1. The molecule has 0 bridgehead atoms. The van der Waals surface area contributed by atoms with Crippen molar-refractivity contribution in [1.29, 1.82) is 0 Å². The summed E-state index contributed by atoms with van der Waals surface area (Å²) in [6.45, 7) is 2.73. The van der Waals surface area contributed by atoms with Crippen molar-refractivity contribution in [3.8, 4) is 5.75 Å². The molecule has 2 aromatic carbocycles. The van der Waals surface area contributed by atoms with Crippen LogP contribution in [0.25, 0.3) is 6.08 Å². The lowest BCUT2D eigenvalue weighted by molar-refractivity contribution is -0.133. The van der Waals surface area contributed by atoms with Gasteiger partial charge < -0.3 is 9.84 Å². The zero-order valence-corrected chi connectivity index (χ0v) is 16.7. The van der Waals surface area contributed by atoms with E-state index in [0.717, 1.165) is 17.7 Å². The number of aryl methyl sites for hydroxylation is 1. The summed E-state index contributed by atoms with van der Waals surface area (Å²) in [7, 11) is 0. The highest BCUT2D eigenvalue weighted by Gasteiger charge is 2.00. The number of carbonyl (C=O) groups is 1. The van der Waals surface area contributed by atoms with E-state index in [0.29, 0.717) is 12.4 Å². The van der Waals surface area contributed by atoms with Crippen LogP contribution in [0.15, 0.2) is 54.6 Å². The van der Waals surface area contributed by atoms with Crippen molar-refractivity contribution < 1.29 is 14.6 Å². The summed E-state index contributed by atoms with van der Waals surface area (Å²) in [5.74, 6) is 0.806. The number of rotatable bonds is 12. The molecule has 2 rings (SSSR count). The molecule has 0 unspecified atom stereocenters. The highest BCUT2D eigenvalue weighted by atomic mass is 32.2. The molecule has 4 heteroatoms. The first-order valence-electron chi connectivity index (χ1n) is 9.44. The smallest absolute Gasteiger partial charge is 0.313 e. The van der Waals surface area contributed by atoms with Crippen molar-refractivity contribution in [1.82, 2.24) is 0 Å². The molecule has 0 saturated carbocycles. The largest absolute Gasteiger partial charge is 0.490 e. The fraction of sp³-hybridized carbons (Fsp3) is 0.348. The van der Waals surface area contributed by atoms with Gasteiger partial charge in [0.05, 0.1) is 5.75 Å². The fourth-order valence-electron chi connectivity index (χ4n) is 2.68. The Morgan fingerprint density at radius 3 is 2.67 bits per heavy atom. The second kappa shape index (κ2) is 12.2. The Morgan fingerprint density at radius 1 is 1.11 bits per heavy atom. The van der Waals surface area contributed by atoms with E-state index in [1.165, 1.54) is 42.2 Å². The molecule has 0 aromatic heterocycles. The number of thioether (sulfide) groups is 1. The van der Waals surface area contributed by atoms with Crippen LogP contribution >= 0.6 is 11.8 Å². The molecular weight excluding hydrogens is 356 g/mol. The number of unbranched alkanes of at least 4 members (excludes halogenated alkanes) is 2. The summed E-state index contributed by atoms with van der Waals surface area (Å²) in [4.78, 5) is 10.6. The third-order valence-electron chi connectivity index (χ3n) is 4.10. The van der Waals surface area contributed by atoms with E-state index in [1.807, 2.05) is 30.3 Å². The molecule has 0 heterocycles. The number of benzene rings is 2. The number of ether oxygens (including phenoxy) is 1. The minimum Gasteiger partial charge on any atom is -0.490 e. The molecule has 0 aliphatic rings. The van der Waals surface area contributed by atoms with Gasteiger partial charge in [-0.05, 0) is 47.7 Å². The Balaban J connectivity index is 1.76. The normalized spacial score (nSPS) is 11.0. The second-order valence-corrected chi connectivity index (χ2v) is 7.43. The first kappa shape index (κ1) is 21.1. The molecule has 2 aromatic rings. The van der Waals surface area contributed by atoms with Gasteiger partial charge in [0.1, 0.15) is 12.4 Å². The van der Waals surface area contributed by atoms with Gasteiger partial charge in [-0.3, -0.25) is 4.79 Å². The van der Waals surface area contributed by atoms with Gasteiger partial charge in [-0.25, -0.2) is 0 Å². The van der Waals surface area contributed by atoms with E-state index in [2.05, 4.69) is 37.3 Å². The molecule has 3 nitrogen and oxygen atoms in total. The number of carboxylic acids is 1. The van der Waals surface area contributed by atoms with E-state index >= 15 is 0 Å². The number of hydrogen-bond acceptors (Lipinski definition) is 3. The molecule has 0 amide bonds. The maximum absolute atomic E-state index is 10.6. The summed E-state index contributed by atoms with van der Waals surface area (Å²) in [6.07, 6.45) is 9.04. The van der Waals surface area contributed by atoms with Gasteiger partial charge in [0.15, 0.2) is 0 Å². The highest BCUT2D eigenvalue weighted by Crippen LogP contribution is 2.18. The monoisotopic (exact) mass is 384 g/mol. The molecule has 27 heavy (non-hydrogen) atoms. The van der Waals surface area contributed by atoms with Crippen LogP contribution in [-0.4, -0.2) is 23.4 Å². The molecule has 1 N–H and O–H groups in total. The van der Waals surface area contributed by atoms with E-state index in [9.17, 15) is 4.79 Å². The van der Waals surface area contributed by atoms with Crippen molar-refractivity contribution in [3.05, 3.63) is 71.3 Å². The molecule has 0 fully saturated rings. The summed E-state index contributed by atoms with van der Waals surface area (Å²) in [5, 5.41) is 8.69. The van der Waals surface area contributed by atoms with Gasteiger partial charge in [0.25, 0.3) is 0 Å². The van der Waals surface area contributed by atoms with Crippen molar-refractivity contribution in [3.63, 3.8) is 0 Å². The standard InChI is InChI=1S/C23H28O3S/c1-2-3-4-7-19-11-13-20(14-12-19)9-6-15-26-22-10-5-8-21(16-22)17-27-18-23(24)25/h5-6,8-14,16H,2-4,7,15,17-18H2,1H3,(H,24,25)/b9-6+. The van der Waals surface area contributed by atoms with Crippen LogP contribution in [0.1, 0.15) is 42.9 Å². The predicted molar refractivity (Wildman–Crippen MR) is 114 cm³/mol. The molecular formula is C23H28O3S. The quantitative estimate of drug-likeness (QED) is 0.468. The predicted octanol–water partition coefficient (Wildman–Crippen LogP) is 5.83. The average Bonchev–Trinajstić information content (AvgIpc) is 2.67. The summed E-state index contributed by atoms with van der Waals surface area (Å²) in [6, 6.07) is 16.5. The Hall–Kier alpha value is -2.20. The lowest BCUT2D eigenvalue weighted by atomic mass is 10.1. The van der Waals surface area contributed by atoms with Crippen LogP contribution in [-0.2, 0) is 17.0 Å². The summed E-state index contributed by atoms with van der Waals surface area (Å²) < 4.78 is 5.77. The van der Waals surface area contributed by atoms with Gasteiger partial charge in [-0.15, -0.1) is 11.8 Å². The van der Waals surface area contributed by atoms with E-state index in [1.54, 1.807) is 0 Å². The first-order chi connectivity index (χ1) is 13.2. The van der Waals surface area contributed by atoms with Crippen LogP contribution < -0.4 is 4.74 Å². The summed E-state index contributed by atoms with van der Waals surface area (Å²) in [5.41, 5.74) is 3.65. The zero-order chi connectivity index (χ0) is 19.3. The van der Waals surface area contributed by atoms with Crippen molar-refractivity contribution in [2.24, 2.45) is 0 Å². The minimum absolute atomic E-state index is 0.116. The molecule has 0 atom stereocenters. The minimum atomic E-state index is -0.786. The van der Waals surface area contributed by atoms with Crippen molar-refractivity contribution >= 4 is 23.8 Å². The molecule has 0 saturated heterocycles. The van der Waals surface area contributed by atoms with Crippen LogP contribution in [0.2, 0.25) is 0 Å². The maximum atomic E-state index is 10.6. The van der Waals surface area contributed by atoms with E-state index in [-0.39, 0.29) is 5.75 Å². The molecule has 0 aliphatic carbocycles. The maximum Gasteiger partial charge on any atom is 0.313 e. The average molecular weight is 385 g/mol. The van der Waals surface area contributed by atoms with E-state index in [4.69, 9.17) is 9.84 Å². The van der Waals surface area contributed by atoms with Crippen LogP contribution in [0.3, 0.4) is 0 Å². The van der Waals surface area contributed by atoms with Crippen LogP contribution in [0.5, 0.6) is 5.75 Å². The highest BCUT2D eigenvalue weighted by molar-refractivity contribution is 7.99. The van der Waals surface area contributed by atoms with Gasteiger partial charge in [-0.1, -0.05) is 62.2 Å². The third-order valence-corrected chi connectivity index (χ3v) is 5.09. The van der Waals surface area contributed by atoms with Crippen molar-refractivity contribution in [2.75, 3.05) is 12.4 Å². The molecule has 0 aliphatic heterocycles. The van der Waals surface area contributed by atoms with Gasteiger partial charge in [0.2, 0.25) is 0 Å². The van der Waals surface area contributed by atoms with Crippen LogP contribution in [0, 0.1) is 0 Å². The van der Waals surface area contributed by atoms with Gasteiger partial charge in [-0.2, -0.15) is 0 Å². The Kier molecular flexibility index (Phi) is 9.56. The zero-order valence-electron chi connectivity index (χ0n) is 15.9. The Bertz CT molecular complexity index is 723. The molecule has 144 valence electrons.